The lowest BCUT2D eigenvalue weighted by atomic mass is 10.0. The van der Waals surface area contributed by atoms with Crippen LogP contribution in [0.3, 0.4) is 0 Å². The van der Waals surface area contributed by atoms with Crippen molar-refractivity contribution in [1.29, 1.82) is 0 Å². The highest BCUT2D eigenvalue weighted by Crippen LogP contribution is 2.27. The van der Waals surface area contributed by atoms with Crippen molar-refractivity contribution < 1.29 is 4.79 Å². The fourth-order valence-electron chi connectivity index (χ4n) is 3.31. The predicted octanol–water partition coefficient (Wildman–Crippen LogP) is 4.96. The highest BCUT2D eigenvalue weighted by molar-refractivity contribution is 6.32. The molecule has 27 heavy (non-hydrogen) atoms. The Kier molecular flexibility index (Phi) is 5.45. The average Bonchev–Trinajstić information content (AvgIpc) is 2.93. The van der Waals surface area contributed by atoms with Crippen LogP contribution in [0.4, 0.5) is 11.4 Å². The smallest absolute Gasteiger partial charge is 0.280 e. The summed E-state index contributed by atoms with van der Waals surface area (Å²) in [5.74, 6) is -0.0800. The molecule has 0 fully saturated rings. The van der Waals surface area contributed by atoms with Gasteiger partial charge in [0.15, 0.2) is 0 Å². The molecule has 2 aromatic rings. The van der Waals surface area contributed by atoms with E-state index in [0.717, 1.165) is 41.2 Å². The molecule has 0 saturated carbocycles. The van der Waals surface area contributed by atoms with Crippen LogP contribution < -0.4 is 9.91 Å². The van der Waals surface area contributed by atoms with Gasteiger partial charge in [-0.1, -0.05) is 23.8 Å². The Bertz CT molecular complexity index is 906. The summed E-state index contributed by atoms with van der Waals surface area (Å²) in [7, 11) is 0. The summed E-state index contributed by atoms with van der Waals surface area (Å²) in [5.41, 5.74) is 6.76. The van der Waals surface area contributed by atoms with Crippen molar-refractivity contribution in [2.24, 2.45) is 5.10 Å². The predicted molar refractivity (Wildman–Crippen MR) is 114 cm³/mol. The summed E-state index contributed by atoms with van der Waals surface area (Å²) in [6.45, 7) is 12.3. The minimum atomic E-state index is -0.0800. The molecule has 1 amide bonds. The standard InChI is InChI=1S/C23H27N3O/c1-6-25(7-2)21-13-10-19(17(4)14-21)15-22-18(5)24-26(23(22)27)20-11-8-16(3)9-12-20/h8-15H,6-7H2,1-5H3/b22-15+. The van der Waals surface area contributed by atoms with Gasteiger partial charge in [-0.25, -0.2) is 0 Å². The van der Waals surface area contributed by atoms with Gasteiger partial charge in [0.05, 0.1) is 17.0 Å². The first-order valence-corrected chi connectivity index (χ1v) is 9.48. The summed E-state index contributed by atoms with van der Waals surface area (Å²) in [6.07, 6.45) is 1.96. The maximum Gasteiger partial charge on any atom is 0.280 e. The zero-order valence-corrected chi connectivity index (χ0v) is 16.8. The van der Waals surface area contributed by atoms with Crippen LogP contribution in [0.2, 0.25) is 0 Å². The van der Waals surface area contributed by atoms with Crippen LogP contribution in [0.1, 0.15) is 37.5 Å². The molecule has 4 heteroatoms. The minimum Gasteiger partial charge on any atom is -0.372 e. The number of aryl methyl sites for hydroxylation is 2. The molecule has 0 aromatic heterocycles. The van der Waals surface area contributed by atoms with Crippen LogP contribution in [0.5, 0.6) is 0 Å². The van der Waals surface area contributed by atoms with Crippen LogP contribution in [0.25, 0.3) is 6.08 Å². The van der Waals surface area contributed by atoms with Crippen LogP contribution >= 0.6 is 0 Å². The normalized spacial score (nSPS) is 15.4. The van der Waals surface area contributed by atoms with Gasteiger partial charge in [0.2, 0.25) is 0 Å². The van der Waals surface area contributed by atoms with Gasteiger partial charge < -0.3 is 4.90 Å². The van der Waals surface area contributed by atoms with Crippen molar-refractivity contribution in [2.75, 3.05) is 23.0 Å². The van der Waals surface area contributed by atoms with Gasteiger partial charge in [0, 0.05) is 18.8 Å². The maximum absolute atomic E-state index is 12.9. The molecule has 1 heterocycles. The fourth-order valence-corrected chi connectivity index (χ4v) is 3.31. The van der Waals surface area contributed by atoms with Gasteiger partial charge in [-0.2, -0.15) is 10.1 Å². The molecular weight excluding hydrogens is 334 g/mol. The first kappa shape index (κ1) is 18.9. The van der Waals surface area contributed by atoms with E-state index in [2.05, 4.69) is 49.0 Å². The third-order valence-electron chi connectivity index (χ3n) is 5.02. The van der Waals surface area contributed by atoms with E-state index in [1.54, 1.807) is 0 Å². The van der Waals surface area contributed by atoms with Crippen LogP contribution in [0.15, 0.2) is 53.1 Å². The largest absolute Gasteiger partial charge is 0.372 e. The zero-order valence-electron chi connectivity index (χ0n) is 16.8. The number of anilines is 2. The molecule has 0 atom stereocenters. The van der Waals surface area contributed by atoms with Crippen molar-refractivity contribution in [3.63, 3.8) is 0 Å². The second kappa shape index (κ2) is 7.78. The number of benzene rings is 2. The molecule has 1 aliphatic heterocycles. The summed E-state index contributed by atoms with van der Waals surface area (Å²) >= 11 is 0. The highest BCUT2D eigenvalue weighted by atomic mass is 16.2. The molecule has 140 valence electrons. The average molecular weight is 361 g/mol. The van der Waals surface area contributed by atoms with E-state index < -0.39 is 0 Å². The number of nitrogens with zero attached hydrogens (tertiary/aromatic N) is 3. The van der Waals surface area contributed by atoms with Gasteiger partial charge in [0.1, 0.15) is 0 Å². The third kappa shape index (κ3) is 3.80. The monoisotopic (exact) mass is 361 g/mol. The van der Waals surface area contributed by atoms with Crippen molar-refractivity contribution in [3.8, 4) is 0 Å². The van der Waals surface area contributed by atoms with Crippen molar-refractivity contribution >= 4 is 29.1 Å². The van der Waals surface area contributed by atoms with E-state index in [4.69, 9.17) is 0 Å². The topological polar surface area (TPSA) is 35.9 Å². The Labute approximate surface area is 161 Å². The molecule has 0 saturated heterocycles. The lowest BCUT2D eigenvalue weighted by Gasteiger charge is -2.22. The Morgan fingerprint density at radius 2 is 1.67 bits per heavy atom. The molecule has 0 unspecified atom stereocenters. The molecular formula is C23H27N3O. The lowest BCUT2D eigenvalue weighted by molar-refractivity contribution is -0.114. The fraction of sp³-hybridized carbons (Fsp3) is 0.304. The summed E-state index contributed by atoms with van der Waals surface area (Å²) < 4.78 is 0. The van der Waals surface area contributed by atoms with Crippen molar-refractivity contribution in [2.45, 2.75) is 34.6 Å². The molecule has 0 spiro atoms. The van der Waals surface area contributed by atoms with Gasteiger partial charge in [-0.15, -0.1) is 0 Å². The molecule has 0 aliphatic carbocycles. The molecule has 0 radical (unpaired) electrons. The molecule has 0 N–H and O–H groups in total. The Hall–Kier alpha value is -2.88. The van der Waals surface area contributed by atoms with Gasteiger partial charge >= 0.3 is 0 Å². The molecule has 4 nitrogen and oxygen atoms in total. The quantitative estimate of drug-likeness (QED) is 0.706. The highest BCUT2D eigenvalue weighted by Gasteiger charge is 2.28. The van der Waals surface area contributed by atoms with Crippen molar-refractivity contribution in [1.82, 2.24) is 0 Å². The molecule has 0 bridgehead atoms. The summed E-state index contributed by atoms with van der Waals surface area (Å²) in [5, 5.41) is 5.96. The van der Waals surface area contributed by atoms with E-state index in [0.29, 0.717) is 5.57 Å². The van der Waals surface area contributed by atoms with Crippen LogP contribution in [-0.2, 0) is 4.79 Å². The Morgan fingerprint density at radius 1 is 1.00 bits per heavy atom. The van der Waals surface area contributed by atoms with Crippen LogP contribution in [-0.4, -0.2) is 24.7 Å². The number of hydrazone groups is 1. The molecule has 2 aromatic carbocycles. The lowest BCUT2D eigenvalue weighted by Crippen LogP contribution is -2.22. The van der Waals surface area contributed by atoms with Crippen LogP contribution in [0, 0.1) is 13.8 Å². The van der Waals surface area contributed by atoms with Crippen molar-refractivity contribution in [3.05, 3.63) is 64.7 Å². The minimum absolute atomic E-state index is 0.0800. The number of hydrogen-bond donors (Lipinski definition) is 0. The Balaban J connectivity index is 1.90. The summed E-state index contributed by atoms with van der Waals surface area (Å²) in [4.78, 5) is 15.2. The number of amides is 1. The van der Waals surface area contributed by atoms with E-state index >= 15 is 0 Å². The number of hydrogen-bond acceptors (Lipinski definition) is 3. The van der Waals surface area contributed by atoms with Gasteiger partial charge in [-0.3, -0.25) is 4.79 Å². The maximum atomic E-state index is 12.9. The van der Waals surface area contributed by atoms with E-state index in [-0.39, 0.29) is 5.91 Å². The van der Waals surface area contributed by atoms with E-state index in [9.17, 15) is 4.79 Å². The second-order valence-corrected chi connectivity index (χ2v) is 6.91. The molecule has 3 rings (SSSR count). The summed E-state index contributed by atoms with van der Waals surface area (Å²) in [6, 6.07) is 14.2. The Morgan fingerprint density at radius 3 is 2.26 bits per heavy atom. The first-order valence-electron chi connectivity index (χ1n) is 9.48. The second-order valence-electron chi connectivity index (χ2n) is 6.91. The van der Waals surface area contributed by atoms with E-state index in [1.165, 1.54) is 10.7 Å². The van der Waals surface area contributed by atoms with E-state index in [1.807, 2.05) is 44.2 Å². The van der Waals surface area contributed by atoms with Gasteiger partial charge in [-0.05, 0) is 76.1 Å². The first-order chi connectivity index (χ1) is 12.9. The number of carbonyl (C=O) groups is 1. The number of rotatable bonds is 5. The SMILES string of the molecule is CCN(CC)c1ccc(/C=C2/C(=O)N(c3ccc(C)cc3)N=C2C)c(C)c1. The third-order valence-corrected chi connectivity index (χ3v) is 5.02. The van der Waals surface area contributed by atoms with Gasteiger partial charge in [0.25, 0.3) is 5.91 Å². The molecule has 1 aliphatic rings. The number of carbonyl (C=O) groups excluding carboxylic acids is 1. The zero-order chi connectivity index (χ0) is 19.6.